The van der Waals surface area contributed by atoms with Gasteiger partial charge in [-0.1, -0.05) is 35.9 Å². The molecule has 4 rings (SSSR count). The number of alkyl halides is 3. The van der Waals surface area contributed by atoms with Gasteiger partial charge in [0.25, 0.3) is 0 Å². The second-order valence-electron chi connectivity index (χ2n) is 8.73. The van der Waals surface area contributed by atoms with Gasteiger partial charge in [-0.15, -0.1) is 0 Å². The van der Waals surface area contributed by atoms with Crippen molar-refractivity contribution >= 4 is 33.2 Å². The van der Waals surface area contributed by atoms with Crippen LogP contribution in [0.4, 0.5) is 23.2 Å². The third-order valence-corrected chi connectivity index (χ3v) is 8.30. The Morgan fingerprint density at radius 1 is 0.921 bits per heavy atom. The highest BCUT2D eigenvalue weighted by Gasteiger charge is 2.33. The lowest BCUT2D eigenvalue weighted by atomic mass is 10.1. The van der Waals surface area contributed by atoms with Gasteiger partial charge in [0.1, 0.15) is 5.82 Å². The first-order valence-electron chi connectivity index (χ1n) is 11.6. The number of amides is 1. The topological polar surface area (TPSA) is 60.9 Å². The monoisotopic (exact) mass is 569 g/mol. The predicted octanol–water partition coefficient (Wildman–Crippen LogP) is 5.04. The van der Waals surface area contributed by atoms with Gasteiger partial charge in [-0.3, -0.25) is 4.79 Å². The Kier molecular flexibility index (Phi) is 8.29. The van der Waals surface area contributed by atoms with Crippen molar-refractivity contribution in [1.29, 1.82) is 0 Å². The Hall–Kier alpha value is -3.15. The Morgan fingerprint density at radius 2 is 1.58 bits per heavy atom. The van der Waals surface area contributed by atoms with Crippen LogP contribution in [0, 0.1) is 5.82 Å². The molecule has 0 radical (unpaired) electrons. The van der Waals surface area contributed by atoms with E-state index in [1.807, 2.05) is 0 Å². The highest BCUT2D eigenvalue weighted by molar-refractivity contribution is 7.89. The van der Waals surface area contributed by atoms with Crippen molar-refractivity contribution in [3.63, 3.8) is 0 Å². The molecule has 0 unspecified atom stereocenters. The highest BCUT2D eigenvalue weighted by atomic mass is 35.5. The molecule has 0 saturated carbocycles. The van der Waals surface area contributed by atoms with Crippen LogP contribution in [0.2, 0.25) is 5.02 Å². The second-order valence-corrected chi connectivity index (χ2v) is 11.1. The molecule has 1 amide bonds. The fourth-order valence-electron chi connectivity index (χ4n) is 4.14. The van der Waals surface area contributed by atoms with Crippen LogP contribution in [0.1, 0.15) is 11.1 Å². The number of hydrogen-bond donors (Lipinski definition) is 0. The average molecular weight is 570 g/mol. The van der Waals surface area contributed by atoms with Gasteiger partial charge in [0.15, 0.2) is 0 Å². The van der Waals surface area contributed by atoms with E-state index >= 15 is 0 Å². The van der Waals surface area contributed by atoms with Crippen molar-refractivity contribution in [3.05, 3.63) is 94.8 Å². The van der Waals surface area contributed by atoms with Gasteiger partial charge in [-0.25, -0.2) is 12.8 Å². The lowest BCUT2D eigenvalue weighted by Gasteiger charge is -2.37. The summed E-state index contributed by atoms with van der Waals surface area (Å²) in [5, 5.41) is 0.333. The Morgan fingerprint density at radius 3 is 2.21 bits per heavy atom. The zero-order valence-corrected chi connectivity index (χ0v) is 21.6. The molecule has 6 nitrogen and oxygen atoms in total. The predicted molar refractivity (Wildman–Crippen MR) is 136 cm³/mol. The zero-order chi connectivity index (χ0) is 27.5. The normalized spacial score (nSPS) is 14.7. The minimum absolute atomic E-state index is 0.0968. The van der Waals surface area contributed by atoms with Gasteiger partial charge in [-0.2, -0.15) is 17.5 Å². The van der Waals surface area contributed by atoms with Crippen LogP contribution >= 0.6 is 11.6 Å². The van der Waals surface area contributed by atoms with Gasteiger partial charge in [0.2, 0.25) is 15.9 Å². The maximum Gasteiger partial charge on any atom is 0.416 e. The lowest BCUT2D eigenvalue weighted by Crippen LogP contribution is -2.51. The molecule has 38 heavy (non-hydrogen) atoms. The fourth-order valence-corrected chi connectivity index (χ4v) is 5.64. The molecule has 202 valence electrons. The number of benzene rings is 3. The first kappa shape index (κ1) is 27.9. The molecule has 0 N–H and O–H groups in total. The number of halogens is 5. The van der Waals surface area contributed by atoms with Gasteiger partial charge in [0, 0.05) is 49.0 Å². The smallest absolute Gasteiger partial charge is 0.368 e. The van der Waals surface area contributed by atoms with Crippen molar-refractivity contribution in [2.24, 2.45) is 0 Å². The molecule has 1 aliphatic rings. The summed E-state index contributed by atoms with van der Waals surface area (Å²) in [6.07, 6.45) is -4.47. The molecule has 1 fully saturated rings. The Balaban J connectivity index is 1.49. The summed E-state index contributed by atoms with van der Waals surface area (Å²) in [5.74, 6) is -1.10. The fraction of sp³-hybridized carbons (Fsp3) is 0.269. The minimum atomic E-state index is -4.47. The summed E-state index contributed by atoms with van der Waals surface area (Å²) in [4.78, 5) is 16.3. The second kappa shape index (κ2) is 11.3. The van der Waals surface area contributed by atoms with Crippen molar-refractivity contribution in [2.45, 2.75) is 17.6 Å². The van der Waals surface area contributed by atoms with E-state index in [-0.39, 0.29) is 43.2 Å². The van der Waals surface area contributed by atoms with E-state index in [1.54, 1.807) is 17.0 Å². The Bertz CT molecular complexity index is 1390. The van der Waals surface area contributed by atoms with E-state index in [0.29, 0.717) is 10.7 Å². The first-order valence-corrected chi connectivity index (χ1v) is 13.5. The number of carbonyl (C=O) groups excluding carboxylic acids is 1. The maximum absolute atomic E-state index is 14.4. The van der Waals surface area contributed by atoms with Gasteiger partial charge < -0.3 is 9.80 Å². The molecule has 1 aliphatic heterocycles. The van der Waals surface area contributed by atoms with Gasteiger partial charge >= 0.3 is 6.18 Å². The third kappa shape index (κ3) is 6.46. The van der Waals surface area contributed by atoms with E-state index in [4.69, 9.17) is 11.6 Å². The summed E-state index contributed by atoms with van der Waals surface area (Å²) >= 11 is 5.89. The molecular weight excluding hydrogens is 546 g/mol. The minimum Gasteiger partial charge on any atom is -0.368 e. The van der Waals surface area contributed by atoms with Crippen LogP contribution in [0.3, 0.4) is 0 Å². The van der Waals surface area contributed by atoms with E-state index < -0.39 is 40.0 Å². The summed E-state index contributed by atoms with van der Waals surface area (Å²) in [6.45, 7) is -0.00175. The van der Waals surface area contributed by atoms with Crippen LogP contribution < -0.4 is 4.90 Å². The van der Waals surface area contributed by atoms with Crippen molar-refractivity contribution < 1.29 is 30.8 Å². The number of anilines is 1. The number of rotatable bonds is 7. The quantitative estimate of drug-likeness (QED) is 0.374. The summed E-state index contributed by atoms with van der Waals surface area (Å²) in [5.41, 5.74) is -0.268. The molecule has 0 atom stereocenters. The standard InChI is InChI=1S/C26H24ClF4N3O3S/c27-21-8-10-23(11-9-21)38(36,37)34(17-19-4-1-2-7-24(19)28)18-25(35)33-14-12-32(13-15-33)22-6-3-5-20(16-22)26(29,30)31/h1-11,16H,12-15,17-18H2. The van der Waals surface area contributed by atoms with E-state index in [0.717, 1.165) is 16.4 Å². The van der Waals surface area contributed by atoms with Crippen molar-refractivity contribution in [3.8, 4) is 0 Å². The van der Waals surface area contributed by atoms with Crippen LogP contribution in [0.15, 0.2) is 77.7 Å². The molecule has 3 aromatic carbocycles. The number of nitrogens with zero attached hydrogens (tertiary/aromatic N) is 3. The number of carbonyl (C=O) groups is 1. The molecule has 0 spiro atoms. The van der Waals surface area contributed by atoms with Crippen LogP contribution in [0.25, 0.3) is 0 Å². The number of hydrogen-bond acceptors (Lipinski definition) is 4. The molecule has 0 aromatic heterocycles. The summed E-state index contributed by atoms with van der Waals surface area (Å²) in [6, 6.07) is 16.1. The molecule has 1 heterocycles. The van der Waals surface area contributed by atoms with Crippen LogP contribution in [-0.2, 0) is 27.5 Å². The van der Waals surface area contributed by atoms with E-state index in [2.05, 4.69) is 0 Å². The number of piperazine rings is 1. The highest BCUT2D eigenvalue weighted by Crippen LogP contribution is 2.32. The van der Waals surface area contributed by atoms with Crippen molar-refractivity contribution in [2.75, 3.05) is 37.6 Å². The average Bonchev–Trinajstić information content (AvgIpc) is 2.89. The van der Waals surface area contributed by atoms with Crippen LogP contribution in [-0.4, -0.2) is 56.3 Å². The summed E-state index contributed by atoms with van der Waals surface area (Å²) in [7, 11) is -4.20. The SMILES string of the molecule is O=C(CN(Cc1ccccc1F)S(=O)(=O)c1ccc(Cl)cc1)N1CCN(c2cccc(C(F)(F)F)c2)CC1. The lowest BCUT2D eigenvalue weighted by molar-refractivity contribution is -0.137. The van der Waals surface area contributed by atoms with Crippen LogP contribution in [0.5, 0.6) is 0 Å². The molecule has 0 bridgehead atoms. The van der Waals surface area contributed by atoms with Crippen molar-refractivity contribution in [1.82, 2.24) is 9.21 Å². The van der Waals surface area contributed by atoms with Gasteiger partial charge in [0.05, 0.1) is 17.0 Å². The van der Waals surface area contributed by atoms with E-state index in [1.165, 1.54) is 53.4 Å². The number of sulfonamides is 1. The molecule has 1 saturated heterocycles. The Labute approximate surface area is 223 Å². The maximum atomic E-state index is 14.4. The largest absolute Gasteiger partial charge is 0.416 e. The molecule has 12 heteroatoms. The molecule has 3 aromatic rings. The third-order valence-electron chi connectivity index (χ3n) is 6.24. The van der Waals surface area contributed by atoms with E-state index in [9.17, 15) is 30.8 Å². The van der Waals surface area contributed by atoms with Gasteiger partial charge in [-0.05, 0) is 48.5 Å². The first-order chi connectivity index (χ1) is 17.9. The molecular formula is C26H24ClF4N3O3S. The zero-order valence-electron chi connectivity index (χ0n) is 20.0. The summed E-state index contributed by atoms with van der Waals surface area (Å²) < 4.78 is 81.4. The molecule has 0 aliphatic carbocycles.